The lowest BCUT2D eigenvalue weighted by atomic mass is 10.0. The quantitative estimate of drug-likeness (QED) is 0.260. The van der Waals surface area contributed by atoms with E-state index in [-0.39, 0.29) is 48.6 Å². The van der Waals surface area contributed by atoms with Crippen LogP contribution in [0.25, 0.3) is 16.6 Å². The Morgan fingerprint density at radius 3 is 2.67 bits per heavy atom. The summed E-state index contributed by atoms with van der Waals surface area (Å²) >= 11 is 0. The molecule has 1 aromatic carbocycles. The van der Waals surface area contributed by atoms with Crippen molar-refractivity contribution >= 4 is 28.7 Å². The predicted octanol–water partition coefficient (Wildman–Crippen LogP) is 4.25. The molecular formula is C24H28F5N9O2. The normalized spacial score (nSPS) is 17.2. The standard InChI is InChI=1S/C24H28F5N9O2/c1-36(2)11-19(39)37-8-7-18(23(25,26)13-37)32-22-33-21(40-3)20-15(6-9-38(20)35-22)14-4-5-16(34-30)17(10-14)31-12-24(27,28)29/h4-6,9-10,18,30-31H,7-8,11-13H2,1-3H3,(H,32,35)/t18-/m1/s1. The zero-order chi connectivity index (χ0) is 29.2. The number of amides is 1. The molecule has 3 aromatic rings. The summed E-state index contributed by atoms with van der Waals surface area (Å²) in [6.45, 7) is -1.89. The molecule has 4 rings (SSSR count). The molecule has 1 aliphatic rings. The number of piperidine rings is 1. The van der Waals surface area contributed by atoms with Crippen LogP contribution in [0.15, 0.2) is 35.6 Å². The SMILES string of the molecule is COc1nc(N[C@@H]2CCN(C(=O)CN(C)C)CC2(F)F)nn2ccc(-c3ccc(N=N)c(NCC(F)(F)F)c3)c12. The van der Waals surface area contributed by atoms with E-state index in [4.69, 9.17) is 10.3 Å². The molecule has 1 saturated heterocycles. The van der Waals surface area contributed by atoms with Gasteiger partial charge in [0, 0.05) is 18.3 Å². The fourth-order valence-corrected chi connectivity index (χ4v) is 4.42. The van der Waals surface area contributed by atoms with Gasteiger partial charge in [-0.05, 0) is 44.3 Å². The number of hydrogen-bond acceptors (Lipinski definition) is 9. The summed E-state index contributed by atoms with van der Waals surface area (Å²) in [7, 11) is 4.71. The van der Waals surface area contributed by atoms with Crippen molar-refractivity contribution in [3.63, 3.8) is 0 Å². The van der Waals surface area contributed by atoms with Crippen LogP contribution in [-0.4, -0.2) is 95.8 Å². The molecule has 0 aliphatic carbocycles. The lowest BCUT2D eigenvalue weighted by Crippen LogP contribution is -2.57. The van der Waals surface area contributed by atoms with Crippen LogP contribution in [0.2, 0.25) is 0 Å². The van der Waals surface area contributed by atoms with Crippen molar-refractivity contribution in [2.24, 2.45) is 5.11 Å². The Morgan fingerprint density at radius 2 is 2.05 bits per heavy atom. The van der Waals surface area contributed by atoms with Gasteiger partial charge in [-0.2, -0.15) is 23.3 Å². The molecule has 0 bridgehead atoms. The lowest BCUT2D eigenvalue weighted by molar-refractivity contribution is -0.143. The first-order valence-electron chi connectivity index (χ1n) is 12.1. The lowest BCUT2D eigenvalue weighted by Gasteiger charge is -2.38. The van der Waals surface area contributed by atoms with Crippen molar-refractivity contribution in [2.45, 2.75) is 24.6 Å². The summed E-state index contributed by atoms with van der Waals surface area (Å²) in [5, 5.41) is 12.5. The van der Waals surface area contributed by atoms with Crippen LogP contribution >= 0.6 is 0 Å². The topological polar surface area (TPSA) is 123 Å². The third-order valence-corrected chi connectivity index (χ3v) is 6.29. The summed E-state index contributed by atoms with van der Waals surface area (Å²) in [6.07, 6.45) is -2.98. The first-order chi connectivity index (χ1) is 18.8. The third kappa shape index (κ3) is 6.38. The number of rotatable bonds is 9. The van der Waals surface area contributed by atoms with Crippen LogP contribution in [0, 0.1) is 5.53 Å². The van der Waals surface area contributed by atoms with E-state index in [1.165, 1.54) is 30.0 Å². The number of carbonyl (C=O) groups is 1. The second kappa shape index (κ2) is 11.2. The minimum atomic E-state index is -4.48. The molecule has 216 valence electrons. The smallest absolute Gasteiger partial charge is 0.405 e. The molecule has 3 heterocycles. The Labute approximate surface area is 225 Å². The van der Waals surface area contributed by atoms with Crippen molar-refractivity contribution in [1.82, 2.24) is 24.4 Å². The van der Waals surface area contributed by atoms with E-state index in [2.05, 4.69) is 25.8 Å². The second-order valence-electron chi connectivity index (χ2n) is 9.58. The van der Waals surface area contributed by atoms with E-state index in [1.807, 2.05) is 0 Å². The van der Waals surface area contributed by atoms with Gasteiger partial charge in [0.25, 0.3) is 5.92 Å². The number of hydrogen-bond donors (Lipinski definition) is 3. The van der Waals surface area contributed by atoms with Gasteiger partial charge in [-0.3, -0.25) is 4.79 Å². The fraction of sp³-hybridized carbons (Fsp3) is 0.458. The summed E-state index contributed by atoms with van der Waals surface area (Å²) < 4.78 is 75.1. The fourth-order valence-electron chi connectivity index (χ4n) is 4.42. The molecule has 1 aliphatic heterocycles. The van der Waals surface area contributed by atoms with Gasteiger partial charge in [0.15, 0.2) is 0 Å². The number of fused-ring (bicyclic) bond motifs is 1. The summed E-state index contributed by atoms with van der Waals surface area (Å²) in [5.74, 6) is -3.72. The molecular weight excluding hydrogens is 541 g/mol. The predicted molar refractivity (Wildman–Crippen MR) is 136 cm³/mol. The number of carbonyl (C=O) groups excluding carboxylic acids is 1. The Kier molecular flexibility index (Phi) is 8.09. The Morgan fingerprint density at radius 1 is 1.30 bits per heavy atom. The molecule has 11 nitrogen and oxygen atoms in total. The molecule has 0 radical (unpaired) electrons. The van der Waals surface area contributed by atoms with Gasteiger partial charge in [-0.15, -0.1) is 5.10 Å². The zero-order valence-electron chi connectivity index (χ0n) is 21.9. The van der Waals surface area contributed by atoms with E-state index in [9.17, 15) is 26.7 Å². The van der Waals surface area contributed by atoms with Crippen molar-refractivity contribution < 1.29 is 31.5 Å². The summed E-state index contributed by atoms with van der Waals surface area (Å²) in [4.78, 5) is 19.3. The molecule has 1 fully saturated rings. The number of nitrogens with zero attached hydrogens (tertiary/aromatic N) is 6. The largest absolute Gasteiger partial charge is 0.479 e. The summed E-state index contributed by atoms with van der Waals surface area (Å²) in [6, 6.07) is 4.66. The van der Waals surface area contributed by atoms with Crippen molar-refractivity contribution in [3.8, 4) is 17.0 Å². The first kappa shape index (κ1) is 28.9. The van der Waals surface area contributed by atoms with E-state index in [0.717, 1.165) is 4.90 Å². The van der Waals surface area contributed by atoms with Crippen LogP contribution in [0.1, 0.15) is 6.42 Å². The van der Waals surface area contributed by atoms with Crippen molar-refractivity contribution in [2.75, 3.05) is 58.0 Å². The molecule has 3 N–H and O–H groups in total. The Hall–Kier alpha value is -4.08. The van der Waals surface area contributed by atoms with Crippen LogP contribution in [0.4, 0.5) is 39.3 Å². The third-order valence-electron chi connectivity index (χ3n) is 6.29. The van der Waals surface area contributed by atoms with Gasteiger partial charge in [0.2, 0.25) is 17.7 Å². The number of methoxy groups -OCH3 is 1. The number of ether oxygens (including phenoxy) is 1. The average Bonchev–Trinajstić information content (AvgIpc) is 3.31. The van der Waals surface area contributed by atoms with Gasteiger partial charge in [-0.1, -0.05) is 6.07 Å². The van der Waals surface area contributed by atoms with Gasteiger partial charge in [-0.25, -0.2) is 18.8 Å². The first-order valence-corrected chi connectivity index (χ1v) is 12.1. The van der Waals surface area contributed by atoms with E-state index in [1.54, 1.807) is 31.1 Å². The molecule has 0 saturated carbocycles. The number of nitrogens with one attached hydrogen (secondary N) is 3. The highest BCUT2D eigenvalue weighted by Crippen LogP contribution is 2.37. The molecule has 0 spiro atoms. The number of benzene rings is 1. The van der Waals surface area contributed by atoms with Crippen LogP contribution in [0.3, 0.4) is 0 Å². The van der Waals surface area contributed by atoms with Crippen molar-refractivity contribution in [3.05, 3.63) is 30.5 Å². The maximum absolute atomic E-state index is 15.0. The minimum Gasteiger partial charge on any atom is -0.479 e. The van der Waals surface area contributed by atoms with Crippen molar-refractivity contribution in [1.29, 1.82) is 5.53 Å². The minimum absolute atomic E-state index is 0.0000148. The number of alkyl halides is 5. The Bertz CT molecular complexity index is 1390. The molecule has 40 heavy (non-hydrogen) atoms. The molecule has 2 aromatic heterocycles. The van der Waals surface area contributed by atoms with E-state index in [0.29, 0.717) is 16.6 Å². The molecule has 16 heteroatoms. The van der Waals surface area contributed by atoms with Gasteiger partial charge >= 0.3 is 6.18 Å². The van der Waals surface area contributed by atoms with Gasteiger partial charge in [0.1, 0.15) is 17.7 Å². The molecule has 1 amide bonds. The highest BCUT2D eigenvalue weighted by Gasteiger charge is 2.46. The van der Waals surface area contributed by atoms with Crippen LogP contribution in [-0.2, 0) is 4.79 Å². The molecule has 0 unspecified atom stereocenters. The van der Waals surface area contributed by atoms with E-state index < -0.39 is 31.2 Å². The molecule has 1 atom stereocenters. The monoisotopic (exact) mass is 569 g/mol. The average molecular weight is 570 g/mol. The Balaban J connectivity index is 1.60. The van der Waals surface area contributed by atoms with Crippen LogP contribution in [0.5, 0.6) is 5.88 Å². The van der Waals surface area contributed by atoms with Crippen LogP contribution < -0.4 is 15.4 Å². The number of likely N-dealkylation sites (tertiary alicyclic amines) is 1. The maximum atomic E-state index is 15.0. The number of aromatic nitrogens is 3. The second-order valence-corrected chi connectivity index (χ2v) is 9.58. The maximum Gasteiger partial charge on any atom is 0.405 e. The number of halogens is 5. The van der Waals surface area contributed by atoms with Gasteiger partial charge in [0.05, 0.1) is 31.9 Å². The zero-order valence-corrected chi connectivity index (χ0v) is 21.9. The highest BCUT2D eigenvalue weighted by molar-refractivity contribution is 5.87. The summed E-state index contributed by atoms with van der Waals surface area (Å²) in [5.41, 5.74) is 8.57. The number of anilines is 2. The highest BCUT2D eigenvalue weighted by atomic mass is 19.4. The number of likely N-dealkylation sites (N-methyl/N-ethyl adjacent to an activating group) is 1. The van der Waals surface area contributed by atoms with E-state index >= 15 is 0 Å². The van der Waals surface area contributed by atoms with Gasteiger partial charge < -0.3 is 25.2 Å².